The van der Waals surface area contributed by atoms with E-state index in [1.807, 2.05) is 19.2 Å². The summed E-state index contributed by atoms with van der Waals surface area (Å²) in [5.41, 5.74) is 3.98. The number of rotatable bonds is 3. The monoisotopic (exact) mass is 338 g/mol. The molecule has 20 heavy (non-hydrogen) atoms. The first-order chi connectivity index (χ1) is 9.69. The Morgan fingerprint density at radius 3 is 2.80 bits per heavy atom. The fourth-order valence-electron chi connectivity index (χ4n) is 2.61. The molecule has 0 amide bonds. The fourth-order valence-corrected chi connectivity index (χ4v) is 3.06. The SMILES string of the molecule is CN(Cc1cccc(Br)c1)C(=NC1CCCCC1)NN. The van der Waals surface area contributed by atoms with Crippen LogP contribution in [0.25, 0.3) is 0 Å². The van der Waals surface area contributed by atoms with Crippen LogP contribution in [0.4, 0.5) is 0 Å². The minimum Gasteiger partial charge on any atom is -0.341 e. The molecule has 5 heteroatoms. The minimum absolute atomic E-state index is 0.416. The third-order valence-corrected chi connectivity index (χ3v) is 4.17. The van der Waals surface area contributed by atoms with Crippen LogP contribution in [0.1, 0.15) is 37.7 Å². The topological polar surface area (TPSA) is 53.6 Å². The van der Waals surface area contributed by atoms with Crippen LogP contribution in [-0.4, -0.2) is 23.9 Å². The molecule has 0 spiro atoms. The van der Waals surface area contributed by atoms with E-state index in [0.717, 1.165) is 17.0 Å². The highest BCUT2D eigenvalue weighted by Crippen LogP contribution is 2.20. The van der Waals surface area contributed by atoms with Gasteiger partial charge in [0.25, 0.3) is 0 Å². The smallest absolute Gasteiger partial charge is 0.208 e. The maximum atomic E-state index is 5.64. The first-order valence-corrected chi connectivity index (χ1v) is 7.98. The number of hydrogen-bond donors (Lipinski definition) is 2. The van der Waals surface area contributed by atoms with Gasteiger partial charge in [0.05, 0.1) is 6.04 Å². The average Bonchev–Trinajstić information content (AvgIpc) is 2.45. The van der Waals surface area contributed by atoms with Gasteiger partial charge in [0.1, 0.15) is 0 Å². The van der Waals surface area contributed by atoms with E-state index in [-0.39, 0.29) is 0 Å². The van der Waals surface area contributed by atoms with E-state index in [9.17, 15) is 0 Å². The van der Waals surface area contributed by atoms with Gasteiger partial charge in [0.15, 0.2) is 0 Å². The van der Waals surface area contributed by atoms with Gasteiger partial charge in [0.2, 0.25) is 5.96 Å². The van der Waals surface area contributed by atoms with E-state index in [0.29, 0.717) is 6.04 Å². The van der Waals surface area contributed by atoms with E-state index in [1.165, 1.54) is 37.7 Å². The third-order valence-electron chi connectivity index (χ3n) is 3.68. The number of aliphatic imine (C=N–C) groups is 1. The lowest BCUT2D eigenvalue weighted by Crippen LogP contribution is -2.43. The van der Waals surface area contributed by atoms with Crippen molar-refractivity contribution in [3.8, 4) is 0 Å². The average molecular weight is 339 g/mol. The molecule has 1 aromatic carbocycles. The summed E-state index contributed by atoms with van der Waals surface area (Å²) in [6, 6.07) is 8.71. The van der Waals surface area contributed by atoms with Crippen molar-refractivity contribution in [1.82, 2.24) is 10.3 Å². The first kappa shape index (κ1) is 15.3. The molecule has 110 valence electrons. The number of nitrogens with zero attached hydrogens (tertiary/aromatic N) is 2. The highest BCUT2D eigenvalue weighted by atomic mass is 79.9. The van der Waals surface area contributed by atoms with Crippen molar-refractivity contribution in [2.24, 2.45) is 10.8 Å². The quantitative estimate of drug-likeness (QED) is 0.385. The summed E-state index contributed by atoms with van der Waals surface area (Å²) in [5, 5.41) is 0. The Bertz CT molecular complexity index is 455. The maximum absolute atomic E-state index is 5.64. The zero-order valence-electron chi connectivity index (χ0n) is 12.0. The van der Waals surface area contributed by atoms with Crippen molar-refractivity contribution in [1.29, 1.82) is 0 Å². The van der Waals surface area contributed by atoms with E-state index < -0.39 is 0 Å². The number of hydrogen-bond acceptors (Lipinski definition) is 2. The van der Waals surface area contributed by atoms with Gasteiger partial charge < -0.3 is 4.90 Å². The molecule has 0 aliphatic heterocycles. The molecule has 1 aromatic rings. The summed E-state index contributed by atoms with van der Waals surface area (Å²) >= 11 is 3.50. The summed E-state index contributed by atoms with van der Waals surface area (Å²) in [5.74, 6) is 6.42. The second-order valence-corrected chi connectivity index (χ2v) is 6.29. The van der Waals surface area contributed by atoms with Gasteiger partial charge in [-0.3, -0.25) is 5.43 Å². The van der Waals surface area contributed by atoms with E-state index in [4.69, 9.17) is 10.8 Å². The Morgan fingerprint density at radius 2 is 2.15 bits per heavy atom. The van der Waals surface area contributed by atoms with Gasteiger partial charge in [-0.25, -0.2) is 10.8 Å². The third kappa shape index (κ3) is 4.49. The van der Waals surface area contributed by atoms with Crippen LogP contribution in [0.3, 0.4) is 0 Å². The summed E-state index contributed by atoms with van der Waals surface area (Å²) in [6.45, 7) is 0.787. The van der Waals surface area contributed by atoms with Crippen LogP contribution in [0, 0.1) is 0 Å². The largest absolute Gasteiger partial charge is 0.341 e. The molecule has 1 aliphatic carbocycles. The second kappa shape index (κ2) is 7.64. The number of benzene rings is 1. The molecular weight excluding hydrogens is 316 g/mol. The number of halogens is 1. The van der Waals surface area contributed by atoms with E-state index >= 15 is 0 Å². The lowest BCUT2D eigenvalue weighted by molar-refractivity contribution is 0.423. The summed E-state index contributed by atoms with van der Waals surface area (Å²) < 4.78 is 1.09. The van der Waals surface area contributed by atoms with Gasteiger partial charge in [0, 0.05) is 18.1 Å². The zero-order valence-corrected chi connectivity index (χ0v) is 13.6. The van der Waals surface area contributed by atoms with Crippen molar-refractivity contribution in [3.63, 3.8) is 0 Å². The van der Waals surface area contributed by atoms with Crippen molar-refractivity contribution in [2.75, 3.05) is 7.05 Å². The first-order valence-electron chi connectivity index (χ1n) is 7.19. The van der Waals surface area contributed by atoms with Crippen molar-refractivity contribution in [3.05, 3.63) is 34.3 Å². The molecule has 2 rings (SSSR count). The predicted octanol–water partition coefficient (Wildman–Crippen LogP) is 3.03. The standard InChI is InChI=1S/C15H23BrN4/c1-20(11-12-6-5-7-13(16)10-12)15(19-17)18-14-8-3-2-4-9-14/h5-7,10,14H,2-4,8-9,11,17H2,1H3,(H,18,19). The van der Waals surface area contributed by atoms with Crippen LogP contribution in [0.5, 0.6) is 0 Å². The van der Waals surface area contributed by atoms with Crippen LogP contribution < -0.4 is 11.3 Å². The van der Waals surface area contributed by atoms with Crippen LogP contribution in [0.15, 0.2) is 33.7 Å². The minimum atomic E-state index is 0.416. The predicted molar refractivity (Wildman–Crippen MR) is 87.2 cm³/mol. The van der Waals surface area contributed by atoms with Crippen LogP contribution in [-0.2, 0) is 6.54 Å². The Kier molecular flexibility index (Phi) is 5.86. The van der Waals surface area contributed by atoms with Gasteiger partial charge in [-0.1, -0.05) is 47.3 Å². The van der Waals surface area contributed by atoms with Gasteiger partial charge >= 0.3 is 0 Å². The van der Waals surface area contributed by atoms with Gasteiger partial charge in [-0.15, -0.1) is 0 Å². The van der Waals surface area contributed by atoms with Crippen molar-refractivity contribution in [2.45, 2.75) is 44.7 Å². The van der Waals surface area contributed by atoms with Crippen LogP contribution >= 0.6 is 15.9 Å². The molecule has 0 aromatic heterocycles. The maximum Gasteiger partial charge on any atom is 0.208 e. The van der Waals surface area contributed by atoms with E-state index in [2.05, 4.69) is 38.4 Å². The highest BCUT2D eigenvalue weighted by molar-refractivity contribution is 9.10. The molecule has 0 radical (unpaired) electrons. The zero-order chi connectivity index (χ0) is 14.4. The fraction of sp³-hybridized carbons (Fsp3) is 0.533. The molecule has 4 nitrogen and oxygen atoms in total. The lowest BCUT2D eigenvalue weighted by atomic mass is 9.96. The molecule has 3 N–H and O–H groups in total. The van der Waals surface area contributed by atoms with E-state index in [1.54, 1.807) is 0 Å². The summed E-state index contributed by atoms with van der Waals surface area (Å²) in [7, 11) is 2.02. The molecule has 0 unspecified atom stereocenters. The molecule has 1 fully saturated rings. The number of nitrogens with two attached hydrogens (primary N) is 1. The molecule has 0 heterocycles. The molecule has 0 atom stereocenters. The van der Waals surface area contributed by atoms with Crippen molar-refractivity contribution >= 4 is 21.9 Å². The van der Waals surface area contributed by atoms with Gasteiger partial charge in [-0.05, 0) is 30.5 Å². The number of nitrogens with one attached hydrogen (secondary N) is 1. The Labute approximate surface area is 129 Å². The normalized spacial score (nSPS) is 17.1. The Morgan fingerprint density at radius 1 is 1.40 bits per heavy atom. The number of guanidine groups is 1. The molecule has 1 aliphatic rings. The molecule has 0 bridgehead atoms. The van der Waals surface area contributed by atoms with Crippen molar-refractivity contribution < 1.29 is 0 Å². The molecular formula is C15H23BrN4. The molecule has 0 saturated heterocycles. The lowest BCUT2D eigenvalue weighted by Gasteiger charge is -2.24. The number of hydrazine groups is 1. The Balaban J connectivity index is 2.00. The molecule has 1 saturated carbocycles. The van der Waals surface area contributed by atoms with Crippen LogP contribution in [0.2, 0.25) is 0 Å². The second-order valence-electron chi connectivity index (χ2n) is 5.37. The summed E-state index contributed by atoms with van der Waals surface area (Å²) in [4.78, 5) is 6.83. The summed E-state index contributed by atoms with van der Waals surface area (Å²) in [6.07, 6.45) is 6.25. The van der Waals surface area contributed by atoms with Gasteiger partial charge in [-0.2, -0.15) is 0 Å². The Hall–Kier alpha value is -1.07. The highest BCUT2D eigenvalue weighted by Gasteiger charge is 2.14.